The van der Waals surface area contributed by atoms with Crippen molar-refractivity contribution in [2.24, 2.45) is 0 Å². The average molecular weight is 549 g/mol. The second kappa shape index (κ2) is 10.00. The summed E-state index contributed by atoms with van der Waals surface area (Å²) in [5.74, 6) is 0.0483. The van der Waals surface area contributed by atoms with Gasteiger partial charge in [-0.15, -0.1) is 10.2 Å². The lowest BCUT2D eigenvalue weighted by molar-refractivity contribution is 0.0205. The van der Waals surface area contributed by atoms with Gasteiger partial charge < -0.3 is 14.7 Å². The Labute approximate surface area is 228 Å². The SMILES string of the molecule is Cc1ccc(S(=O)(=O)n2cc(C3CCN(C(=O)OC(C)(C)C)CC3)c3cc(-c4ccccc4O)nnc32)cc1. The van der Waals surface area contributed by atoms with E-state index in [1.54, 1.807) is 65.7 Å². The van der Waals surface area contributed by atoms with Crippen LogP contribution in [0.2, 0.25) is 0 Å². The summed E-state index contributed by atoms with van der Waals surface area (Å²) in [5.41, 5.74) is 2.36. The highest BCUT2D eigenvalue weighted by molar-refractivity contribution is 7.90. The number of rotatable bonds is 4. The van der Waals surface area contributed by atoms with E-state index in [9.17, 15) is 18.3 Å². The minimum atomic E-state index is -3.95. The van der Waals surface area contributed by atoms with E-state index in [2.05, 4.69) is 10.2 Å². The van der Waals surface area contributed by atoms with E-state index in [0.29, 0.717) is 42.6 Å². The molecule has 1 fully saturated rings. The van der Waals surface area contributed by atoms with Crippen LogP contribution in [0.5, 0.6) is 5.75 Å². The monoisotopic (exact) mass is 548 g/mol. The van der Waals surface area contributed by atoms with Gasteiger partial charge in [-0.3, -0.25) is 0 Å². The van der Waals surface area contributed by atoms with Crippen LogP contribution < -0.4 is 0 Å². The van der Waals surface area contributed by atoms with Gasteiger partial charge in [0.25, 0.3) is 10.0 Å². The van der Waals surface area contributed by atoms with Crippen molar-refractivity contribution in [1.29, 1.82) is 0 Å². The van der Waals surface area contributed by atoms with Gasteiger partial charge in [0.05, 0.1) is 10.6 Å². The summed E-state index contributed by atoms with van der Waals surface area (Å²) in [7, 11) is -3.95. The van der Waals surface area contributed by atoms with Gasteiger partial charge in [0, 0.05) is 30.2 Å². The maximum absolute atomic E-state index is 13.7. The number of para-hydroxylation sites is 1. The van der Waals surface area contributed by atoms with Crippen LogP contribution in [0, 0.1) is 6.92 Å². The molecule has 1 aliphatic rings. The number of carbonyl (C=O) groups excluding carboxylic acids is 1. The van der Waals surface area contributed by atoms with Crippen molar-refractivity contribution in [1.82, 2.24) is 19.1 Å². The van der Waals surface area contributed by atoms with Gasteiger partial charge in [-0.05, 0) is 82.3 Å². The fourth-order valence-electron chi connectivity index (χ4n) is 4.87. The van der Waals surface area contributed by atoms with Gasteiger partial charge in [-0.2, -0.15) is 0 Å². The molecule has 0 radical (unpaired) electrons. The number of carbonyl (C=O) groups is 1. The summed E-state index contributed by atoms with van der Waals surface area (Å²) in [4.78, 5) is 14.4. The van der Waals surface area contributed by atoms with E-state index in [0.717, 1.165) is 11.1 Å². The maximum Gasteiger partial charge on any atom is 0.410 e. The molecule has 4 aromatic rings. The van der Waals surface area contributed by atoms with Crippen molar-refractivity contribution in [3.05, 3.63) is 71.9 Å². The van der Waals surface area contributed by atoms with Crippen LogP contribution in [-0.4, -0.2) is 57.4 Å². The largest absolute Gasteiger partial charge is 0.507 e. The minimum Gasteiger partial charge on any atom is -0.507 e. The van der Waals surface area contributed by atoms with E-state index in [4.69, 9.17) is 4.74 Å². The predicted molar refractivity (Wildman–Crippen MR) is 148 cm³/mol. The fourth-order valence-corrected chi connectivity index (χ4v) is 6.19. The molecule has 39 heavy (non-hydrogen) atoms. The first kappa shape index (κ1) is 26.7. The van der Waals surface area contributed by atoms with Crippen molar-refractivity contribution in [3.8, 4) is 17.0 Å². The summed E-state index contributed by atoms with van der Waals surface area (Å²) >= 11 is 0. The molecule has 9 nitrogen and oxygen atoms in total. The second-order valence-corrected chi connectivity index (χ2v) is 12.7. The number of hydrogen-bond acceptors (Lipinski definition) is 7. The zero-order valence-corrected chi connectivity index (χ0v) is 23.3. The highest BCUT2D eigenvalue weighted by Gasteiger charge is 2.31. The number of phenolic OH excluding ortho intramolecular Hbond substituents is 1. The summed E-state index contributed by atoms with van der Waals surface area (Å²) in [6, 6.07) is 15.3. The number of aromatic nitrogens is 3. The number of aromatic hydroxyl groups is 1. The first-order valence-corrected chi connectivity index (χ1v) is 14.4. The standard InChI is InChI=1S/C29H32N4O5S/c1-19-9-11-21(12-10-19)39(36,37)33-18-24(20-13-15-32(16-14-20)28(35)38-29(2,3)4)23-17-25(30-31-27(23)33)22-7-5-6-8-26(22)34/h5-12,17-18,20,34H,13-16H2,1-4H3. The lowest BCUT2D eigenvalue weighted by Crippen LogP contribution is -2.41. The van der Waals surface area contributed by atoms with Gasteiger partial charge in [-0.1, -0.05) is 29.8 Å². The Bertz CT molecular complexity index is 1630. The molecule has 2 aromatic carbocycles. The number of likely N-dealkylation sites (tertiary alicyclic amines) is 1. The third-order valence-corrected chi connectivity index (χ3v) is 8.56. The van der Waals surface area contributed by atoms with E-state index < -0.39 is 15.6 Å². The highest BCUT2D eigenvalue weighted by atomic mass is 32.2. The number of phenols is 1. The molecule has 1 aliphatic heterocycles. The Morgan fingerprint density at radius 2 is 1.69 bits per heavy atom. The van der Waals surface area contributed by atoms with Crippen molar-refractivity contribution >= 4 is 27.1 Å². The molecular formula is C29H32N4O5S. The summed E-state index contributed by atoms with van der Waals surface area (Å²) in [6.45, 7) is 8.39. The van der Waals surface area contributed by atoms with Crippen LogP contribution in [0.25, 0.3) is 22.3 Å². The van der Waals surface area contributed by atoms with Crippen LogP contribution in [0.4, 0.5) is 4.79 Å². The number of piperidine rings is 1. The number of amides is 1. The molecule has 0 saturated carbocycles. The summed E-state index contributed by atoms with van der Waals surface area (Å²) in [5, 5.41) is 19.7. The van der Waals surface area contributed by atoms with Crippen LogP contribution >= 0.6 is 0 Å². The topological polar surface area (TPSA) is 115 Å². The third kappa shape index (κ3) is 5.34. The fraction of sp³-hybridized carbons (Fsp3) is 0.345. The van der Waals surface area contributed by atoms with Crippen LogP contribution in [-0.2, 0) is 14.8 Å². The molecule has 0 unspecified atom stereocenters. The molecule has 1 amide bonds. The van der Waals surface area contributed by atoms with Crippen LogP contribution in [0.1, 0.15) is 50.7 Å². The normalized spacial score (nSPS) is 15.0. The maximum atomic E-state index is 13.7. The van der Waals surface area contributed by atoms with Gasteiger partial charge in [0.1, 0.15) is 11.4 Å². The Morgan fingerprint density at radius 3 is 2.33 bits per heavy atom. The van der Waals surface area contributed by atoms with Crippen molar-refractivity contribution in [3.63, 3.8) is 0 Å². The number of nitrogens with zero attached hydrogens (tertiary/aromatic N) is 4. The predicted octanol–water partition coefficient (Wildman–Crippen LogP) is 5.46. The molecule has 1 saturated heterocycles. The number of hydrogen-bond donors (Lipinski definition) is 1. The summed E-state index contributed by atoms with van der Waals surface area (Å²) < 4.78 is 34.2. The Kier molecular flexibility index (Phi) is 6.84. The van der Waals surface area contributed by atoms with Gasteiger partial charge in [0.15, 0.2) is 5.65 Å². The molecule has 10 heteroatoms. The van der Waals surface area contributed by atoms with Crippen LogP contribution in [0.15, 0.2) is 65.7 Å². The zero-order chi connectivity index (χ0) is 27.9. The van der Waals surface area contributed by atoms with Crippen LogP contribution in [0.3, 0.4) is 0 Å². The number of aryl methyl sites for hydroxylation is 1. The number of benzene rings is 2. The molecule has 0 spiro atoms. The first-order valence-electron chi connectivity index (χ1n) is 12.9. The Morgan fingerprint density at radius 1 is 1.03 bits per heavy atom. The summed E-state index contributed by atoms with van der Waals surface area (Å²) in [6.07, 6.45) is 2.56. The smallest absolute Gasteiger partial charge is 0.410 e. The second-order valence-electron chi connectivity index (χ2n) is 10.9. The van der Waals surface area contributed by atoms with E-state index >= 15 is 0 Å². The first-order chi connectivity index (χ1) is 18.4. The molecule has 0 aliphatic carbocycles. The van der Waals surface area contributed by atoms with Gasteiger partial charge in [-0.25, -0.2) is 17.2 Å². The Balaban J connectivity index is 1.57. The zero-order valence-electron chi connectivity index (χ0n) is 22.5. The lowest BCUT2D eigenvalue weighted by atomic mass is 9.89. The average Bonchev–Trinajstić information content (AvgIpc) is 3.28. The molecule has 2 aromatic heterocycles. The van der Waals surface area contributed by atoms with E-state index in [1.807, 2.05) is 27.7 Å². The van der Waals surface area contributed by atoms with Crippen molar-refractivity contribution in [2.45, 2.75) is 57.0 Å². The quantitative estimate of drug-likeness (QED) is 0.360. The number of ether oxygens (including phenoxy) is 1. The minimum absolute atomic E-state index is 0.0120. The molecule has 0 atom stereocenters. The lowest BCUT2D eigenvalue weighted by Gasteiger charge is -2.33. The van der Waals surface area contributed by atoms with Gasteiger partial charge >= 0.3 is 6.09 Å². The molecule has 0 bridgehead atoms. The molecule has 204 valence electrons. The Hall–Kier alpha value is -3.92. The van der Waals surface area contributed by atoms with Crippen molar-refractivity contribution in [2.75, 3.05) is 13.1 Å². The van der Waals surface area contributed by atoms with Crippen molar-refractivity contribution < 1.29 is 23.1 Å². The number of fused-ring (bicyclic) bond motifs is 1. The molecule has 1 N–H and O–H groups in total. The molecular weight excluding hydrogens is 516 g/mol. The highest BCUT2D eigenvalue weighted by Crippen LogP contribution is 2.37. The molecule has 5 rings (SSSR count). The third-order valence-electron chi connectivity index (χ3n) is 6.89. The van der Waals surface area contributed by atoms with E-state index in [-0.39, 0.29) is 28.3 Å². The van der Waals surface area contributed by atoms with E-state index in [1.165, 1.54) is 3.97 Å². The van der Waals surface area contributed by atoms with Gasteiger partial charge in [0.2, 0.25) is 0 Å². The molecule has 3 heterocycles.